The molecule has 5 atom stereocenters. The molecule has 23 heavy (non-hydrogen) atoms. The number of nitrogens with one attached hydrogen (secondary N) is 1. The molecule has 4 N–H and O–H groups in total. The van der Waals surface area contributed by atoms with E-state index in [0.717, 1.165) is 38.5 Å². The predicted octanol–water partition coefficient (Wildman–Crippen LogP) is 0.136. The third-order valence-electron chi connectivity index (χ3n) is 6.55. The van der Waals surface area contributed by atoms with Crippen molar-refractivity contribution in [3.05, 3.63) is 0 Å². The molecule has 5 rings (SSSR count). The van der Waals surface area contributed by atoms with Gasteiger partial charge in [-0.2, -0.15) is 0 Å². The maximum Gasteiger partial charge on any atom is 0.240 e. The van der Waals surface area contributed by atoms with Gasteiger partial charge < -0.3 is 21.1 Å². The largest absolute Gasteiger partial charge is 0.390 e. The average molecular weight is 321 g/mol. The summed E-state index contributed by atoms with van der Waals surface area (Å²) in [7, 11) is 0. The van der Waals surface area contributed by atoms with Crippen molar-refractivity contribution in [2.45, 2.75) is 68.5 Å². The number of hydrogen-bond donors (Lipinski definition) is 3. The minimum absolute atomic E-state index is 0.0333. The molecule has 4 saturated carbocycles. The molecular weight excluding hydrogens is 294 g/mol. The lowest BCUT2D eigenvalue weighted by atomic mass is 9.51. The first-order valence-electron chi connectivity index (χ1n) is 8.94. The van der Waals surface area contributed by atoms with E-state index < -0.39 is 17.6 Å². The van der Waals surface area contributed by atoms with E-state index in [-0.39, 0.29) is 18.0 Å². The third kappa shape index (κ3) is 2.66. The Morgan fingerprint density at radius 3 is 2.52 bits per heavy atom. The summed E-state index contributed by atoms with van der Waals surface area (Å²) in [6.07, 6.45) is 7.50. The van der Waals surface area contributed by atoms with Crippen LogP contribution in [0.25, 0.3) is 0 Å². The Balaban J connectivity index is 1.41. The number of aliphatic hydroxyl groups is 1. The van der Waals surface area contributed by atoms with Gasteiger partial charge in [0.15, 0.2) is 0 Å². The number of likely N-dealkylation sites (tertiary alicyclic amines) is 1. The summed E-state index contributed by atoms with van der Waals surface area (Å²) in [5.74, 6) is 0.747. The highest BCUT2D eigenvalue weighted by atomic mass is 16.3. The zero-order valence-electron chi connectivity index (χ0n) is 13.6. The number of primary amides is 1. The van der Waals surface area contributed by atoms with Crippen molar-refractivity contribution in [1.29, 1.82) is 0 Å². The van der Waals surface area contributed by atoms with Gasteiger partial charge in [-0.15, -0.1) is 0 Å². The Morgan fingerprint density at radius 2 is 1.91 bits per heavy atom. The molecule has 4 aliphatic carbocycles. The summed E-state index contributed by atoms with van der Waals surface area (Å²) < 4.78 is 0. The highest BCUT2D eigenvalue weighted by Crippen LogP contribution is 2.57. The lowest BCUT2D eigenvalue weighted by molar-refractivity contribution is -0.148. The van der Waals surface area contributed by atoms with Crippen molar-refractivity contribution in [1.82, 2.24) is 10.2 Å². The van der Waals surface area contributed by atoms with E-state index in [1.807, 2.05) is 0 Å². The Bertz CT molecular complexity index is 521. The Hall–Kier alpha value is -1.14. The van der Waals surface area contributed by atoms with Gasteiger partial charge in [0, 0.05) is 12.1 Å². The summed E-state index contributed by atoms with van der Waals surface area (Å²) >= 11 is 0. The van der Waals surface area contributed by atoms with Gasteiger partial charge in [0.1, 0.15) is 6.04 Å². The van der Waals surface area contributed by atoms with Crippen molar-refractivity contribution in [2.75, 3.05) is 13.1 Å². The first-order valence-corrected chi connectivity index (χ1v) is 8.94. The molecule has 128 valence electrons. The molecule has 5 fully saturated rings. The first-order chi connectivity index (χ1) is 10.9. The predicted molar refractivity (Wildman–Crippen MR) is 84.3 cm³/mol. The number of rotatable bonds is 4. The van der Waals surface area contributed by atoms with E-state index in [1.165, 1.54) is 6.42 Å². The van der Waals surface area contributed by atoms with E-state index in [4.69, 9.17) is 5.73 Å². The topological polar surface area (TPSA) is 95.7 Å². The van der Waals surface area contributed by atoms with Crippen molar-refractivity contribution in [3.8, 4) is 0 Å². The third-order valence-corrected chi connectivity index (χ3v) is 6.55. The molecule has 0 spiro atoms. The zero-order valence-corrected chi connectivity index (χ0v) is 13.6. The lowest BCUT2D eigenvalue weighted by Gasteiger charge is -2.60. The number of nitrogens with zero attached hydrogens (tertiary/aromatic N) is 1. The fourth-order valence-electron chi connectivity index (χ4n) is 6.15. The fraction of sp³-hybridized carbons (Fsp3) is 0.882. The van der Waals surface area contributed by atoms with Crippen LogP contribution in [0.5, 0.6) is 0 Å². The quantitative estimate of drug-likeness (QED) is 0.686. The van der Waals surface area contributed by atoms with Gasteiger partial charge in [0.2, 0.25) is 11.8 Å². The molecule has 6 nitrogen and oxygen atoms in total. The normalized spacial score (nSPS) is 44.7. The summed E-state index contributed by atoms with van der Waals surface area (Å²) in [6, 6.07) is -0.440. The number of carbonyl (C=O) groups is 2. The molecule has 1 aliphatic heterocycles. The summed E-state index contributed by atoms with van der Waals surface area (Å²) in [4.78, 5) is 25.6. The highest BCUT2D eigenvalue weighted by molar-refractivity contribution is 5.88. The van der Waals surface area contributed by atoms with E-state index in [1.54, 1.807) is 4.90 Å². The summed E-state index contributed by atoms with van der Waals surface area (Å²) in [5, 5.41) is 14.2. The minimum Gasteiger partial charge on any atom is -0.390 e. The van der Waals surface area contributed by atoms with Crippen LogP contribution in [0, 0.1) is 11.8 Å². The summed E-state index contributed by atoms with van der Waals surface area (Å²) in [6.45, 7) is 0.871. The second-order valence-corrected chi connectivity index (χ2v) is 8.47. The SMILES string of the molecule is NC(=O)[C@@H]1CCCN1C(=O)CNC12C[C@@H]3C[C@@H](CC(O)(C3)C1)C2. The van der Waals surface area contributed by atoms with E-state index in [2.05, 4.69) is 5.32 Å². The molecule has 1 heterocycles. The van der Waals surface area contributed by atoms with Crippen LogP contribution in [0.4, 0.5) is 0 Å². The molecule has 0 aromatic carbocycles. The number of amides is 2. The molecule has 1 saturated heterocycles. The first kappa shape index (κ1) is 15.4. The van der Waals surface area contributed by atoms with Crippen molar-refractivity contribution >= 4 is 11.8 Å². The van der Waals surface area contributed by atoms with Crippen LogP contribution in [0.2, 0.25) is 0 Å². The van der Waals surface area contributed by atoms with Crippen LogP contribution < -0.4 is 11.1 Å². The van der Waals surface area contributed by atoms with Gasteiger partial charge in [0.05, 0.1) is 12.1 Å². The van der Waals surface area contributed by atoms with Gasteiger partial charge in [-0.3, -0.25) is 9.59 Å². The number of hydrogen-bond acceptors (Lipinski definition) is 4. The maximum atomic E-state index is 12.5. The van der Waals surface area contributed by atoms with Crippen LogP contribution in [0.15, 0.2) is 0 Å². The lowest BCUT2D eigenvalue weighted by Crippen LogP contribution is -2.65. The molecular formula is C17H27N3O3. The molecule has 2 unspecified atom stereocenters. The maximum absolute atomic E-state index is 12.5. The molecule has 4 bridgehead atoms. The minimum atomic E-state index is -0.524. The Labute approximate surface area is 136 Å². The van der Waals surface area contributed by atoms with Crippen LogP contribution in [0.1, 0.15) is 51.4 Å². The summed E-state index contributed by atoms with van der Waals surface area (Å²) in [5.41, 5.74) is 4.79. The standard InChI is InChI=1S/C17H27N3O3/c18-15(22)13-2-1-3-20(13)14(21)9-19-16-5-11-4-12(6-16)8-17(23,7-11)10-16/h11-13,19,23H,1-10H2,(H2,18,22)/t11-,12+,13-,16?,17?/m0/s1. The van der Waals surface area contributed by atoms with Gasteiger partial charge >= 0.3 is 0 Å². The fourth-order valence-corrected chi connectivity index (χ4v) is 6.15. The number of nitrogens with two attached hydrogens (primary N) is 1. The van der Waals surface area contributed by atoms with Crippen LogP contribution in [0.3, 0.4) is 0 Å². The van der Waals surface area contributed by atoms with E-state index >= 15 is 0 Å². The molecule has 0 aromatic rings. The van der Waals surface area contributed by atoms with Crippen LogP contribution in [-0.2, 0) is 9.59 Å². The molecule has 0 aromatic heterocycles. The van der Waals surface area contributed by atoms with Gasteiger partial charge in [-0.1, -0.05) is 0 Å². The van der Waals surface area contributed by atoms with Gasteiger partial charge in [-0.05, 0) is 63.2 Å². The molecule has 0 radical (unpaired) electrons. The van der Waals surface area contributed by atoms with E-state index in [9.17, 15) is 14.7 Å². The second kappa shape index (κ2) is 5.18. The highest BCUT2D eigenvalue weighted by Gasteiger charge is 2.57. The van der Waals surface area contributed by atoms with Crippen molar-refractivity contribution < 1.29 is 14.7 Å². The van der Waals surface area contributed by atoms with E-state index in [0.29, 0.717) is 24.8 Å². The molecule has 6 heteroatoms. The Kier molecular flexibility index (Phi) is 3.47. The smallest absolute Gasteiger partial charge is 0.240 e. The second-order valence-electron chi connectivity index (χ2n) is 8.47. The average Bonchev–Trinajstić information content (AvgIpc) is 2.91. The number of carbonyl (C=O) groups excluding carboxylic acids is 2. The van der Waals surface area contributed by atoms with Gasteiger partial charge in [-0.25, -0.2) is 0 Å². The monoisotopic (exact) mass is 321 g/mol. The van der Waals surface area contributed by atoms with Crippen molar-refractivity contribution in [2.24, 2.45) is 17.6 Å². The Morgan fingerprint density at radius 1 is 1.22 bits per heavy atom. The molecule has 5 aliphatic rings. The zero-order chi connectivity index (χ0) is 16.2. The van der Waals surface area contributed by atoms with Crippen molar-refractivity contribution in [3.63, 3.8) is 0 Å². The van der Waals surface area contributed by atoms with Gasteiger partial charge in [0.25, 0.3) is 0 Å². The van der Waals surface area contributed by atoms with Crippen LogP contribution in [-0.4, -0.2) is 52.1 Å². The molecule has 2 amide bonds. The van der Waals surface area contributed by atoms with Crippen LogP contribution >= 0.6 is 0 Å².